The van der Waals surface area contributed by atoms with Crippen LogP contribution in [-0.2, 0) is 15.6 Å². The van der Waals surface area contributed by atoms with Gasteiger partial charge in [-0.25, -0.2) is 20.8 Å². The SMILES string of the molecule is C[S+](CCN(N)C(=O)[O-])C[C@H]1O[C@@H](n2cnc3c(N)ncnc32)[C@H](O)[C@@H]1O. The van der Waals surface area contributed by atoms with Gasteiger partial charge in [0.05, 0.1) is 19.1 Å². The molecule has 2 aromatic rings. The van der Waals surface area contributed by atoms with Crippen LogP contribution in [0.4, 0.5) is 10.6 Å². The zero-order valence-corrected chi connectivity index (χ0v) is 15.3. The molecule has 148 valence electrons. The molecule has 0 radical (unpaired) electrons. The summed E-state index contributed by atoms with van der Waals surface area (Å²) in [5.74, 6) is 6.41. The Balaban J connectivity index is 1.68. The minimum Gasteiger partial charge on any atom is -0.529 e. The van der Waals surface area contributed by atoms with Crippen molar-refractivity contribution in [1.82, 2.24) is 24.5 Å². The molecule has 1 unspecified atom stereocenters. The second-order valence-corrected chi connectivity index (χ2v) is 8.55. The van der Waals surface area contributed by atoms with E-state index in [0.29, 0.717) is 27.7 Å². The van der Waals surface area contributed by atoms with Gasteiger partial charge in [0.15, 0.2) is 23.8 Å². The molecule has 5 atom stereocenters. The van der Waals surface area contributed by atoms with Crippen LogP contribution in [0.1, 0.15) is 6.23 Å². The predicted octanol–water partition coefficient (Wildman–Crippen LogP) is -3.21. The molecule has 0 saturated carbocycles. The van der Waals surface area contributed by atoms with E-state index in [1.807, 2.05) is 6.26 Å². The van der Waals surface area contributed by atoms with Crippen molar-refractivity contribution < 1.29 is 24.9 Å². The third kappa shape index (κ3) is 3.91. The number of amides is 1. The van der Waals surface area contributed by atoms with E-state index in [9.17, 15) is 20.1 Å². The summed E-state index contributed by atoms with van der Waals surface area (Å²) in [7, 11) is -0.305. The van der Waals surface area contributed by atoms with Crippen molar-refractivity contribution in [2.24, 2.45) is 5.84 Å². The first-order valence-electron chi connectivity index (χ1n) is 8.06. The average Bonchev–Trinajstić information content (AvgIpc) is 3.17. The van der Waals surface area contributed by atoms with E-state index in [4.69, 9.17) is 16.3 Å². The zero-order valence-electron chi connectivity index (χ0n) is 14.5. The molecular formula is C14H21N7O5S. The van der Waals surface area contributed by atoms with Gasteiger partial charge in [0.2, 0.25) is 0 Å². The van der Waals surface area contributed by atoms with E-state index in [2.05, 4.69) is 15.0 Å². The number of aliphatic hydroxyl groups excluding tert-OH is 2. The van der Waals surface area contributed by atoms with Crippen molar-refractivity contribution in [3.8, 4) is 0 Å². The van der Waals surface area contributed by atoms with Gasteiger partial charge in [-0.1, -0.05) is 0 Å². The highest BCUT2D eigenvalue weighted by Crippen LogP contribution is 2.32. The average molecular weight is 399 g/mol. The van der Waals surface area contributed by atoms with Crippen LogP contribution in [0.3, 0.4) is 0 Å². The van der Waals surface area contributed by atoms with E-state index in [1.54, 1.807) is 0 Å². The molecule has 3 heterocycles. The first-order valence-corrected chi connectivity index (χ1v) is 10.0. The number of rotatable bonds is 6. The Morgan fingerprint density at radius 3 is 2.85 bits per heavy atom. The van der Waals surface area contributed by atoms with Crippen molar-refractivity contribution in [1.29, 1.82) is 0 Å². The second kappa shape index (κ2) is 7.82. The number of carbonyl (C=O) groups excluding carboxylic acids is 1. The van der Waals surface area contributed by atoms with Crippen molar-refractivity contribution in [3.63, 3.8) is 0 Å². The highest BCUT2D eigenvalue weighted by molar-refractivity contribution is 7.96. The molecule has 2 aromatic heterocycles. The fraction of sp³-hybridized carbons (Fsp3) is 0.571. The smallest absolute Gasteiger partial charge is 0.167 e. The predicted molar refractivity (Wildman–Crippen MR) is 95.0 cm³/mol. The van der Waals surface area contributed by atoms with Crippen LogP contribution in [0.5, 0.6) is 0 Å². The number of nitrogen functional groups attached to an aromatic ring is 1. The lowest BCUT2D eigenvalue weighted by molar-refractivity contribution is -0.265. The topological polar surface area (TPSA) is 189 Å². The Morgan fingerprint density at radius 2 is 2.15 bits per heavy atom. The maximum atomic E-state index is 10.6. The number of nitrogens with two attached hydrogens (primary N) is 2. The number of carbonyl (C=O) groups is 1. The van der Waals surface area contributed by atoms with Gasteiger partial charge in [0, 0.05) is 0 Å². The molecule has 13 heteroatoms. The molecule has 1 aliphatic heterocycles. The molecule has 6 N–H and O–H groups in total. The summed E-state index contributed by atoms with van der Waals surface area (Å²) in [6, 6.07) is 0. The maximum absolute atomic E-state index is 10.6. The summed E-state index contributed by atoms with van der Waals surface area (Å²) in [6.45, 7) is 0.110. The van der Waals surface area contributed by atoms with Gasteiger partial charge in [-0.2, -0.15) is 0 Å². The lowest BCUT2D eigenvalue weighted by atomic mass is 10.1. The Labute approximate surface area is 157 Å². The Hall–Kier alpha value is -2.19. The van der Waals surface area contributed by atoms with E-state index in [1.165, 1.54) is 17.2 Å². The highest BCUT2D eigenvalue weighted by Gasteiger charge is 2.46. The van der Waals surface area contributed by atoms with Crippen LogP contribution in [0.2, 0.25) is 0 Å². The molecule has 1 saturated heterocycles. The van der Waals surface area contributed by atoms with Crippen molar-refractivity contribution in [2.45, 2.75) is 24.5 Å². The van der Waals surface area contributed by atoms with Crippen molar-refractivity contribution in [3.05, 3.63) is 12.7 Å². The quantitative estimate of drug-likeness (QED) is 0.166. The number of anilines is 1. The molecule has 1 aliphatic rings. The third-order valence-corrected chi connectivity index (χ3v) is 6.14. The number of hydrazine groups is 1. The Kier molecular flexibility index (Phi) is 5.67. The monoisotopic (exact) mass is 399 g/mol. The van der Waals surface area contributed by atoms with E-state index in [-0.39, 0.29) is 23.3 Å². The number of hydrogen-bond donors (Lipinski definition) is 4. The summed E-state index contributed by atoms with van der Waals surface area (Å²) in [6.07, 6.45) is -0.653. The van der Waals surface area contributed by atoms with E-state index < -0.39 is 30.6 Å². The molecule has 0 aliphatic carbocycles. The summed E-state index contributed by atoms with van der Waals surface area (Å²) in [4.78, 5) is 22.7. The molecule has 0 aromatic carbocycles. The van der Waals surface area contributed by atoms with Crippen LogP contribution in [0, 0.1) is 0 Å². The van der Waals surface area contributed by atoms with Crippen LogP contribution in [0.15, 0.2) is 12.7 Å². The summed E-state index contributed by atoms with van der Waals surface area (Å²) in [5, 5.41) is 32.0. The molecule has 1 amide bonds. The molecule has 0 spiro atoms. The van der Waals surface area contributed by atoms with Gasteiger partial charge in [-0.05, 0) is 10.9 Å². The lowest BCUT2D eigenvalue weighted by Crippen LogP contribution is -2.48. The Morgan fingerprint density at radius 1 is 1.41 bits per heavy atom. The van der Waals surface area contributed by atoms with Gasteiger partial charge in [0.1, 0.15) is 41.7 Å². The second-order valence-electron chi connectivity index (χ2n) is 6.24. The number of ether oxygens (including phenoxy) is 1. The first kappa shape index (κ1) is 19.6. The van der Waals surface area contributed by atoms with Gasteiger partial charge < -0.3 is 30.6 Å². The Bertz CT molecular complexity index is 820. The summed E-state index contributed by atoms with van der Waals surface area (Å²) < 4.78 is 7.37. The summed E-state index contributed by atoms with van der Waals surface area (Å²) in [5.41, 5.74) is 6.54. The van der Waals surface area contributed by atoms with Gasteiger partial charge in [-0.15, -0.1) is 0 Å². The summed E-state index contributed by atoms with van der Waals surface area (Å²) >= 11 is 0. The molecule has 27 heavy (non-hydrogen) atoms. The molecule has 12 nitrogen and oxygen atoms in total. The molecule has 0 bridgehead atoms. The number of hydrogen-bond acceptors (Lipinski definition) is 10. The van der Waals surface area contributed by atoms with E-state index >= 15 is 0 Å². The van der Waals surface area contributed by atoms with E-state index in [0.717, 1.165) is 0 Å². The highest BCUT2D eigenvalue weighted by atomic mass is 32.2. The first-order chi connectivity index (χ1) is 12.8. The minimum atomic E-state index is -1.45. The van der Waals surface area contributed by atoms with Crippen molar-refractivity contribution in [2.75, 3.05) is 30.0 Å². The fourth-order valence-electron chi connectivity index (χ4n) is 2.86. The number of carboxylic acid groups (broad SMARTS) is 1. The maximum Gasteiger partial charge on any atom is 0.167 e. The zero-order chi connectivity index (χ0) is 19.7. The standard InChI is InChI=1S/C14H21N7O5S/c1-27(3-2-21(16)14(24)25)4-7-9(22)10(23)13(26-7)20-6-19-8-11(15)17-5-18-12(8)20/h5-7,9-10,13,22-23H,2-4,16H2,1H3,(H2-,15,17,18,24,25)/t7-,9-,10-,13-,27?/m1/s1. The number of imidazole rings is 1. The number of nitrogens with zero attached hydrogens (tertiary/aromatic N) is 5. The van der Waals surface area contributed by atoms with Crippen LogP contribution < -0.4 is 16.7 Å². The van der Waals surface area contributed by atoms with Crippen LogP contribution in [-0.4, -0.2) is 83.5 Å². The largest absolute Gasteiger partial charge is 0.529 e. The van der Waals surface area contributed by atoms with Gasteiger partial charge in [-0.3, -0.25) is 9.58 Å². The third-order valence-electron chi connectivity index (χ3n) is 4.36. The lowest BCUT2D eigenvalue weighted by Gasteiger charge is -2.19. The fourth-order valence-corrected chi connectivity index (χ4v) is 4.37. The van der Waals surface area contributed by atoms with Crippen LogP contribution >= 0.6 is 0 Å². The molecule has 1 fully saturated rings. The normalized spacial score (nSPS) is 26.4. The van der Waals surface area contributed by atoms with Gasteiger partial charge in [0.25, 0.3) is 0 Å². The molecular weight excluding hydrogens is 378 g/mol. The number of fused-ring (bicyclic) bond motifs is 1. The number of aliphatic hydroxyl groups is 2. The van der Waals surface area contributed by atoms with Gasteiger partial charge >= 0.3 is 0 Å². The number of aromatic nitrogens is 4. The van der Waals surface area contributed by atoms with Crippen molar-refractivity contribution >= 4 is 34.0 Å². The minimum absolute atomic E-state index is 0.110. The van der Waals surface area contributed by atoms with Crippen LogP contribution in [0.25, 0.3) is 11.2 Å². The molecule has 3 rings (SSSR count).